The van der Waals surface area contributed by atoms with Crippen molar-refractivity contribution < 1.29 is 9.18 Å². The van der Waals surface area contributed by atoms with E-state index >= 15 is 0 Å². The number of benzene rings is 1. The molecule has 1 unspecified atom stereocenters. The Kier molecular flexibility index (Phi) is 4.01. The minimum absolute atomic E-state index is 0.0467. The number of carbonyl (C=O) groups is 1. The van der Waals surface area contributed by atoms with Crippen molar-refractivity contribution in [3.8, 4) is 0 Å². The van der Waals surface area contributed by atoms with E-state index in [9.17, 15) is 9.18 Å². The first-order valence-corrected chi connectivity index (χ1v) is 5.36. The first-order chi connectivity index (χ1) is 7.07. The molecule has 0 bridgehead atoms. The highest BCUT2D eigenvalue weighted by Gasteiger charge is 2.23. The molecule has 0 aliphatic carbocycles. The molecule has 0 aliphatic heterocycles. The van der Waals surface area contributed by atoms with Crippen molar-refractivity contribution in [2.45, 2.75) is 33.1 Å². The molecule has 2 heteroatoms. The van der Waals surface area contributed by atoms with E-state index in [4.69, 9.17) is 0 Å². The van der Waals surface area contributed by atoms with Gasteiger partial charge in [0.2, 0.25) is 0 Å². The van der Waals surface area contributed by atoms with E-state index < -0.39 is 0 Å². The number of hydrogen-bond donors (Lipinski definition) is 0. The number of carbonyl (C=O) groups excluding carboxylic acids is 1. The molecule has 0 heterocycles. The Bertz CT molecular complexity index is 344. The molecule has 0 spiro atoms. The van der Waals surface area contributed by atoms with Crippen LogP contribution in [0.15, 0.2) is 24.3 Å². The molecular formula is C13H17FO. The van der Waals surface area contributed by atoms with Crippen molar-refractivity contribution in [3.05, 3.63) is 35.6 Å². The third-order valence-corrected chi connectivity index (χ3v) is 2.60. The number of halogens is 1. The summed E-state index contributed by atoms with van der Waals surface area (Å²) in [5, 5.41) is 0. The average Bonchev–Trinajstić information content (AvgIpc) is 2.21. The summed E-state index contributed by atoms with van der Waals surface area (Å²) in [6.07, 6.45) is 0.651. The van der Waals surface area contributed by atoms with Crippen molar-refractivity contribution >= 4 is 5.78 Å². The predicted octanol–water partition coefficient (Wildman–Crippen LogP) is 3.54. The largest absolute Gasteiger partial charge is 0.299 e. The van der Waals surface area contributed by atoms with E-state index in [0.717, 1.165) is 0 Å². The fraction of sp³-hybridized carbons (Fsp3) is 0.462. The summed E-state index contributed by atoms with van der Waals surface area (Å²) >= 11 is 0. The monoisotopic (exact) mass is 208 g/mol. The quantitative estimate of drug-likeness (QED) is 0.739. The third kappa shape index (κ3) is 2.65. The van der Waals surface area contributed by atoms with Crippen LogP contribution in [0.3, 0.4) is 0 Å². The Morgan fingerprint density at radius 1 is 1.33 bits per heavy atom. The van der Waals surface area contributed by atoms with Gasteiger partial charge in [-0.05, 0) is 18.1 Å². The maximum absolute atomic E-state index is 13.5. The first kappa shape index (κ1) is 11.9. The molecule has 1 rings (SSSR count). The van der Waals surface area contributed by atoms with Crippen LogP contribution in [0.25, 0.3) is 0 Å². The lowest BCUT2D eigenvalue weighted by atomic mass is 9.87. The summed E-state index contributed by atoms with van der Waals surface area (Å²) in [4.78, 5) is 11.9. The van der Waals surface area contributed by atoms with E-state index in [2.05, 4.69) is 0 Å². The van der Waals surface area contributed by atoms with Gasteiger partial charge in [0.05, 0.1) is 0 Å². The van der Waals surface area contributed by atoms with Crippen LogP contribution in [0, 0.1) is 11.7 Å². The average molecular weight is 208 g/mol. The second-order valence-electron chi connectivity index (χ2n) is 4.04. The minimum atomic E-state index is -0.300. The van der Waals surface area contributed by atoms with Gasteiger partial charge in [0, 0.05) is 11.8 Å². The molecule has 1 aromatic carbocycles. The van der Waals surface area contributed by atoms with Gasteiger partial charge in [0.1, 0.15) is 11.6 Å². The van der Waals surface area contributed by atoms with E-state index in [-0.39, 0.29) is 23.4 Å². The summed E-state index contributed by atoms with van der Waals surface area (Å²) in [7, 11) is 0. The van der Waals surface area contributed by atoms with Crippen molar-refractivity contribution in [1.82, 2.24) is 0 Å². The second-order valence-corrected chi connectivity index (χ2v) is 4.04. The van der Waals surface area contributed by atoms with Crippen molar-refractivity contribution in [3.63, 3.8) is 0 Å². The molecule has 0 amide bonds. The number of Topliss-reactive ketones (excluding diaryl/α,β-unsaturated/α-hetero) is 1. The zero-order valence-electron chi connectivity index (χ0n) is 9.46. The van der Waals surface area contributed by atoms with Crippen molar-refractivity contribution in [2.24, 2.45) is 5.92 Å². The Morgan fingerprint density at radius 3 is 2.40 bits per heavy atom. The summed E-state index contributed by atoms with van der Waals surface area (Å²) in [5.74, 6) is -0.512. The zero-order valence-corrected chi connectivity index (χ0v) is 9.46. The fourth-order valence-corrected chi connectivity index (χ4v) is 1.73. The van der Waals surface area contributed by atoms with Gasteiger partial charge < -0.3 is 0 Å². The normalized spacial score (nSPS) is 12.9. The Morgan fingerprint density at radius 2 is 1.93 bits per heavy atom. The van der Waals surface area contributed by atoms with E-state index in [1.54, 1.807) is 18.2 Å². The molecule has 1 aromatic rings. The van der Waals surface area contributed by atoms with Crippen LogP contribution in [0.4, 0.5) is 4.39 Å². The van der Waals surface area contributed by atoms with Gasteiger partial charge in [-0.1, -0.05) is 39.0 Å². The maximum atomic E-state index is 13.5. The van der Waals surface area contributed by atoms with E-state index in [0.29, 0.717) is 12.0 Å². The fourth-order valence-electron chi connectivity index (χ4n) is 1.73. The molecule has 15 heavy (non-hydrogen) atoms. The van der Waals surface area contributed by atoms with Gasteiger partial charge in [0.15, 0.2) is 0 Å². The first-order valence-electron chi connectivity index (χ1n) is 5.36. The second kappa shape index (κ2) is 5.06. The van der Waals surface area contributed by atoms with E-state index in [1.165, 1.54) is 6.07 Å². The molecule has 0 aromatic heterocycles. The van der Waals surface area contributed by atoms with Gasteiger partial charge in [0.25, 0.3) is 0 Å². The molecule has 0 N–H and O–H groups in total. The molecule has 0 saturated heterocycles. The lowest BCUT2D eigenvalue weighted by molar-refractivity contribution is -0.123. The summed E-state index contributed by atoms with van der Waals surface area (Å²) in [6.45, 7) is 5.62. The summed E-state index contributed by atoms with van der Waals surface area (Å²) < 4.78 is 13.5. The number of ketones is 1. The highest BCUT2D eigenvalue weighted by molar-refractivity contribution is 5.87. The van der Waals surface area contributed by atoms with Crippen LogP contribution in [0.2, 0.25) is 0 Å². The van der Waals surface area contributed by atoms with Crippen LogP contribution in [-0.2, 0) is 4.79 Å². The summed E-state index contributed by atoms with van der Waals surface area (Å²) in [6, 6.07) is 6.52. The Labute approximate surface area is 90.3 Å². The minimum Gasteiger partial charge on any atom is -0.299 e. The third-order valence-electron chi connectivity index (χ3n) is 2.60. The maximum Gasteiger partial charge on any atom is 0.142 e. The predicted molar refractivity (Wildman–Crippen MR) is 59.3 cm³/mol. The van der Waals surface area contributed by atoms with Gasteiger partial charge in [-0.25, -0.2) is 4.39 Å². The lowest BCUT2D eigenvalue weighted by Gasteiger charge is -2.16. The molecule has 1 nitrogen and oxygen atoms in total. The van der Waals surface area contributed by atoms with Crippen LogP contribution >= 0.6 is 0 Å². The molecule has 0 saturated carbocycles. The highest BCUT2D eigenvalue weighted by Crippen LogP contribution is 2.25. The molecule has 0 fully saturated rings. The number of hydrogen-bond acceptors (Lipinski definition) is 1. The molecule has 0 radical (unpaired) electrons. The van der Waals surface area contributed by atoms with Gasteiger partial charge >= 0.3 is 0 Å². The SMILES string of the molecule is CCC(C(=O)C(C)C)c1ccccc1F. The molecular weight excluding hydrogens is 191 g/mol. The van der Waals surface area contributed by atoms with Crippen molar-refractivity contribution in [2.75, 3.05) is 0 Å². The Balaban J connectivity index is 3.03. The van der Waals surface area contributed by atoms with Crippen LogP contribution in [0.1, 0.15) is 38.7 Å². The highest BCUT2D eigenvalue weighted by atomic mass is 19.1. The number of rotatable bonds is 4. The zero-order chi connectivity index (χ0) is 11.4. The van der Waals surface area contributed by atoms with Crippen LogP contribution in [-0.4, -0.2) is 5.78 Å². The lowest BCUT2D eigenvalue weighted by Crippen LogP contribution is -2.18. The Hall–Kier alpha value is -1.18. The van der Waals surface area contributed by atoms with Gasteiger partial charge in [-0.15, -0.1) is 0 Å². The van der Waals surface area contributed by atoms with Crippen LogP contribution in [0.5, 0.6) is 0 Å². The molecule has 0 aliphatic rings. The van der Waals surface area contributed by atoms with Crippen LogP contribution < -0.4 is 0 Å². The molecule has 82 valence electrons. The topological polar surface area (TPSA) is 17.1 Å². The smallest absolute Gasteiger partial charge is 0.142 e. The van der Waals surface area contributed by atoms with Crippen molar-refractivity contribution in [1.29, 1.82) is 0 Å². The van der Waals surface area contributed by atoms with Gasteiger partial charge in [-0.3, -0.25) is 4.79 Å². The van der Waals surface area contributed by atoms with E-state index in [1.807, 2.05) is 20.8 Å². The standard InChI is InChI=1S/C13H17FO/c1-4-10(13(15)9(2)3)11-7-5-6-8-12(11)14/h5-10H,4H2,1-3H3. The van der Waals surface area contributed by atoms with Gasteiger partial charge in [-0.2, -0.15) is 0 Å². The molecule has 1 atom stereocenters. The summed E-state index contributed by atoms with van der Waals surface area (Å²) in [5.41, 5.74) is 0.527.